The van der Waals surface area contributed by atoms with Crippen molar-refractivity contribution in [3.8, 4) is 0 Å². The second-order valence-corrected chi connectivity index (χ2v) is 6.08. The number of nitrogens with one attached hydrogen (secondary N) is 1. The van der Waals surface area contributed by atoms with Crippen molar-refractivity contribution in [2.45, 2.75) is 45.7 Å². The number of aryl methyl sites for hydroxylation is 1. The summed E-state index contributed by atoms with van der Waals surface area (Å²) in [5.41, 5.74) is 4.36. The molecule has 4 heteroatoms. The number of hydrogen-bond acceptors (Lipinski definition) is 1. The van der Waals surface area contributed by atoms with Gasteiger partial charge in [-0.2, -0.15) is 0 Å². The van der Waals surface area contributed by atoms with Crippen LogP contribution in [0.25, 0.3) is 0 Å². The second kappa shape index (κ2) is 5.95. The summed E-state index contributed by atoms with van der Waals surface area (Å²) in [5.74, 6) is -0.389. The lowest BCUT2D eigenvalue weighted by molar-refractivity contribution is -0.120. The highest BCUT2D eigenvalue weighted by molar-refractivity contribution is 5.78. The van der Waals surface area contributed by atoms with Crippen molar-refractivity contribution < 1.29 is 9.18 Å². The highest BCUT2D eigenvalue weighted by atomic mass is 19.1. The van der Waals surface area contributed by atoms with E-state index >= 15 is 0 Å². The van der Waals surface area contributed by atoms with Crippen LogP contribution in [0.15, 0.2) is 30.3 Å². The van der Waals surface area contributed by atoms with Crippen molar-refractivity contribution >= 4 is 5.91 Å². The van der Waals surface area contributed by atoms with Crippen molar-refractivity contribution in [3.05, 3.63) is 58.7 Å². The van der Waals surface area contributed by atoms with Gasteiger partial charge in [-0.05, 0) is 56.0 Å². The lowest BCUT2D eigenvalue weighted by Gasteiger charge is -2.09. The first-order valence-corrected chi connectivity index (χ1v) is 7.73. The number of carbonyl (C=O) groups is 1. The quantitative estimate of drug-likeness (QED) is 0.902. The van der Waals surface area contributed by atoms with Gasteiger partial charge in [0.1, 0.15) is 5.82 Å². The summed E-state index contributed by atoms with van der Waals surface area (Å²) in [4.78, 5) is 12.0. The minimum absolute atomic E-state index is 0.0816. The summed E-state index contributed by atoms with van der Waals surface area (Å²) in [6, 6.07) is 8.97. The number of rotatable bonds is 5. The standard InChI is InChI=1S/C18H21FN2O/c1-12-8-15(13(2)21(12)17-6-7-17)11-20-18(22)10-14-4-3-5-16(19)9-14/h3-5,8-9,17H,6-7,10-11H2,1-2H3,(H,20,22). The largest absolute Gasteiger partial charge is 0.352 e. The topological polar surface area (TPSA) is 34.0 Å². The normalized spacial score (nSPS) is 14.1. The van der Waals surface area contributed by atoms with E-state index in [0.717, 1.165) is 5.56 Å². The molecule has 1 aromatic heterocycles. The van der Waals surface area contributed by atoms with E-state index in [4.69, 9.17) is 0 Å². The van der Waals surface area contributed by atoms with E-state index in [1.165, 1.54) is 36.4 Å². The van der Waals surface area contributed by atoms with E-state index in [9.17, 15) is 9.18 Å². The molecule has 0 spiro atoms. The molecule has 1 saturated carbocycles. The van der Waals surface area contributed by atoms with Crippen LogP contribution in [-0.4, -0.2) is 10.5 Å². The van der Waals surface area contributed by atoms with Crippen molar-refractivity contribution in [2.75, 3.05) is 0 Å². The van der Waals surface area contributed by atoms with Gasteiger partial charge in [0.25, 0.3) is 0 Å². The Labute approximate surface area is 130 Å². The van der Waals surface area contributed by atoms with Crippen molar-refractivity contribution in [1.82, 2.24) is 9.88 Å². The van der Waals surface area contributed by atoms with E-state index in [2.05, 4.69) is 29.8 Å². The maximum Gasteiger partial charge on any atom is 0.224 e. The maximum absolute atomic E-state index is 13.1. The zero-order valence-corrected chi connectivity index (χ0v) is 13.0. The van der Waals surface area contributed by atoms with Crippen LogP contribution in [0.4, 0.5) is 4.39 Å². The van der Waals surface area contributed by atoms with Crippen LogP contribution in [-0.2, 0) is 17.8 Å². The van der Waals surface area contributed by atoms with Gasteiger partial charge in [0.2, 0.25) is 5.91 Å². The van der Waals surface area contributed by atoms with Crippen molar-refractivity contribution in [3.63, 3.8) is 0 Å². The maximum atomic E-state index is 13.1. The highest BCUT2D eigenvalue weighted by Crippen LogP contribution is 2.38. The number of aromatic nitrogens is 1. The van der Waals surface area contributed by atoms with Gasteiger partial charge in [-0.1, -0.05) is 12.1 Å². The molecule has 1 aliphatic rings. The molecule has 1 amide bonds. The summed E-state index contributed by atoms with van der Waals surface area (Å²) in [6.45, 7) is 4.75. The molecular formula is C18H21FN2O. The molecule has 1 aliphatic carbocycles. The predicted molar refractivity (Wildman–Crippen MR) is 84.1 cm³/mol. The van der Waals surface area contributed by atoms with Crippen LogP contribution in [0.2, 0.25) is 0 Å². The third kappa shape index (κ3) is 3.21. The third-order valence-corrected chi connectivity index (χ3v) is 4.23. The SMILES string of the molecule is Cc1cc(CNC(=O)Cc2cccc(F)c2)c(C)n1C1CC1. The van der Waals surface area contributed by atoms with E-state index < -0.39 is 0 Å². The molecule has 0 bridgehead atoms. The minimum Gasteiger partial charge on any atom is -0.352 e. The summed E-state index contributed by atoms with van der Waals surface area (Å²) in [6.07, 6.45) is 2.71. The Kier molecular flexibility index (Phi) is 4.01. The van der Waals surface area contributed by atoms with Crippen LogP contribution in [0.5, 0.6) is 0 Å². The molecule has 0 atom stereocenters. The van der Waals surface area contributed by atoms with Gasteiger partial charge in [0.15, 0.2) is 0 Å². The molecule has 1 N–H and O–H groups in total. The number of halogens is 1. The van der Waals surface area contributed by atoms with Gasteiger partial charge in [-0.25, -0.2) is 4.39 Å². The fraction of sp³-hybridized carbons (Fsp3) is 0.389. The van der Waals surface area contributed by atoms with Crippen LogP contribution in [0, 0.1) is 19.7 Å². The monoisotopic (exact) mass is 300 g/mol. The van der Waals surface area contributed by atoms with E-state index in [0.29, 0.717) is 18.2 Å². The Morgan fingerprint density at radius 2 is 2.09 bits per heavy atom. The van der Waals surface area contributed by atoms with Gasteiger partial charge in [0, 0.05) is 24.0 Å². The van der Waals surface area contributed by atoms with Crippen molar-refractivity contribution in [2.24, 2.45) is 0 Å². The van der Waals surface area contributed by atoms with Crippen molar-refractivity contribution in [1.29, 1.82) is 0 Å². The average molecular weight is 300 g/mol. The lowest BCUT2D eigenvalue weighted by Crippen LogP contribution is -2.24. The summed E-state index contributed by atoms with van der Waals surface area (Å²) in [7, 11) is 0. The molecule has 2 aromatic rings. The van der Waals surface area contributed by atoms with Crippen LogP contribution >= 0.6 is 0 Å². The van der Waals surface area contributed by atoms with Gasteiger partial charge in [-0.15, -0.1) is 0 Å². The first kappa shape index (κ1) is 14.8. The van der Waals surface area contributed by atoms with Gasteiger partial charge >= 0.3 is 0 Å². The first-order chi connectivity index (χ1) is 10.5. The Bertz CT molecular complexity index is 701. The summed E-state index contributed by atoms with van der Waals surface area (Å²) >= 11 is 0. The van der Waals surface area contributed by atoms with Gasteiger partial charge in [0.05, 0.1) is 6.42 Å². The minimum atomic E-state index is -0.307. The van der Waals surface area contributed by atoms with E-state index in [-0.39, 0.29) is 18.1 Å². The van der Waals surface area contributed by atoms with Gasteiger partial charge < -0.3 is 9.88 Å². The molecule has 1 heterocycles. The summed E-state index contributed by atoms with van der Waals surface area (Å²) < 4.78 is 15.5. The number of nitrogens with zero attached hydrogens (tertiary/aromatic N) is 1. The van der Waals surface area contributed by atoms with Crippen LogP contribution < -0.4 is 5.32 Å². The molecule has 1 aromatic carbocycles. The molecule has 116 valence electrons. The molecular weight excluding hydrogens is 279 g/mol. The molecule has 0 saturated heterocycles. The van der Waals surface area contributed by atoms with E-state index in [1.807, 2.05) is 0 Å². The zero-order valence-electron chi connectivity index (χ0n) is 13.0. The predicted octanol–water partition coefficient (Wildman–Crippen LogP) is 3.44. The number of benzene rings is 1. The molecule has 3 rings (SSSR count). The molecule has 3 nitrogen and oxygen atoms in total. The molecule has 0 radical (unpaired) electrons. The average Bonchev–Trinajstić information content (AvgIpc) is 3.24. The Hall–Kier alpha value is -2.10. The number of hydrogen-bond donors (Lipinski definition) is 1. The second-order valence-electron chi connectivity index (χ2n) is 6.08. The number of amides is 1. The molecule has 22 heavy (non-hydrogen) atoms. The fourth-order valence-corrected chi connectivity index (χ4v) is 3.01. The summed E-state index contributed by atoms with van der Waals surface area (Å²) in [5, 5.41) is 2.93. The number of carbonyl (C=O) groups excluding carboxylic acids is 1. The first-order valence-electron chi connectivity index (χ1n) is 7.73. The molecule has 0 aliphatic heterocycles. The van der Waals surface area contributed by atoms with Crippen LogP contribution in [0.1, 0.15) is 41.4 Å². The van der Waals surface area contributed by atoms with Crippen LogP contribution in [0.3, 0.4) is 0 Å². The lowest BCUT2D eigenvalue weighted by atomic mass is 10.1. The Morgan fingerprint density at radius 3 is 2.77 bits per heavy atom. The zero-order chi connectivity index (χ0) is 15.7. The Morgan fingerprint density at radius 1 is 1.32 bits per heavy atom. The smallest absolute Gasteiger partial charge is 0.224 e. The van der Waals surface area contributed by atoms with E-state index in [1.54, 1.807) is 12.1 Å². The molecule has 0 unspecified atom stereocenters. The molecule has 1 fully saturated rings. The third-order valence-electron chi connectivity index (χ3n) is 4.23. The fourth-order valence-electron chi connectivity index (χ4n) is 3.01. The Balaban J connectivity index is 1.60. The van der Waals surface area contributed by atoms with Gasteiger partial charge in [-0.3, -0.25) is 4.79 Å². The highest BCUT2D eigenvalue weighted by Gasteiger charge is 2.26.